The van der Waals surface area contributed by atoms with E-state index >= 15 is 0 Å². The van der Waals surface area contributed by atoms with E-state index < -0.39 is 21.3 Å². The number of ketones is 1. The Hall–Kier alpha value is -3.39. The molecule has 0 amide bonds. The highest BCUT2D eigenvalue weighted by molar-refractivity contribution is 7.92. The summed E-state index contributed by atoms with van der Waals surface area (Å²) in [6.45, 7) is 2.56. The second-order valence-corrected chi connectivity index (χ2v) is 10.1. The molecule has 2 aliphatic heterocycles. The number of carbonyl (C=O) groups excluding carboxylic acids is 1. The number of hydrogen-bond donors (Lipinski definition) is 1. The first-order valence-electron chi connectivity index (χ1n) is 10.1. The number of carbonyl (C=O) groups is 1. The highest BCUT2D eigenvalue weighted by Crippen LogP contribution is 2.34. The molecular formula is C21H22FN7O2S. The van der Waals surface area contributed by atoms with E-state index in [1.807, 2.05) is 6.07 Å². The fraction of sp³-hybridized carbons (Fsp3) is 0.381. The molecule has 0 aromatic carbocycles. The lowest BCUT2D eigenvalue weighted by Gasteiger charge is -2.37. The molecule has 0 saturated carbocycles. The van der Waals surface area contributed by atoms with Crippen LogP contribution in [0.4, 0.5) is 4.39 Å². The van der Waals surface area contributed by atoms with Gasteiger partial charge in [0.2, 0.25) is 5.96 Å². The summed E-state index contributed by atoms with van der Waals surface area (Å²) in [5.41, 5.74) is 5.65. The first-order valence-corrected chi connectivity index (χ1v) is 11.8. The van der Waals surface area contributed by atoms with Crippen molar-refractivity contribution in [2.24, 2.45) is 15.1 Å². The molecule has 2 aromatic heterocycles. The lowest BCUT2D eigenvalue weighted by Crippen LogP contribution is -2.52. The van der Waals surface area contributed by atoms with E-state index in [0.717, 1.165) is 12.8 Å². The van der Waals surface area contributed by atoms with Crippen LogP contribution in [0.2, 0.25) is 0 Å². The average molecular weight is 456 g/mol. The monoisotopic (exact) mass is 455 g/mol. The van der Waals surface area contributed by atoms with Crippen LogP contribution in [0.3, 0.4) is 0 Å². The van der Waals surface area contributed by atoms with Gasteiger partial charge in [0.1, 0.15) is 38.7 Å². The molecule has 0 bridgehead atoms. The van der Waals surface area contributed by atoms with Crippen molar-refractivity contribution < 1.29 is 13.4 Å². The summed E-state index contributed by atoms with van der Waals surface area (Å²) in [6.07, 6.45) is 2.79. The Morgan fingerprint density at radius 2 is 2.16 bits per heavy atom. The maximum absolute atomic E-state index is 14.9. The van der Waals surface area contributed by atoms with Crippen molar-refractivity contribution in [2.75, 3.05) is 18.8 Å². The molecule has 32 heavy (non-hydrogen) atoms. The number of halogens is 1. The van der Waals surface area contributed by atoms with Gasteiger partial charge in [0, 0.05) is 18.4 Å². The smallest absolute Gasteiger partial charge is 0.204 e. The molecule has 166 valence electrons. The molecule has 0 unspecified atom stereocenters. The fourth-order valence-electron chi connectivity index (χ4n) is 3.84. The zero-order chi connectivity index (χ0) is 22.9. The number of nitrogens with two attached hydrogens (primary N) is 1. The van der Waals surface area contributed by atoms with Gasteiger partial charge in [-0.05, 0) is 44.0 Å². The van der Waals surface area contributed by atoms with Crippen molar-refractivity contribution in [3.8, 4) is 6.07 Å². The number of aromatic nitrogens is 2. The summed E-state index contributed by atoms with van der Waals surface area (Å²) < 4.78 is 34.3. The van der Waals surface area contributed by atoms with Gasteiger partial charge in [-0.1, -0.05) is 0 Å². The molecule has 2 aliphatic rings. The molecule has 0 saturated heterocycles. The van der Waals surface area contributed by atoms with E-state index in [-0.39, 0.29) is 35.3 Å². The molecule has 2 aromatic rings. The zero-order valence-corrected chi connectivity index (χ0v) is 18.3. The minimum Gasteiger partial charge on any atom is -0.369 e. The number of guanidine groups is 1. The van der Waals surface area contributed by atoms with Crippen molar-refractivity contribution >= 4 is 21.7 Å². The van der Waals surface area contributed by atoms with E-state index in [1.54, 1.807) is 6.92 Å². The van der Waals surface area contributed by atoms with Crippen LogP contribution in [0.15, 0.2) is 39.8 Å². The van der Waals surface area contributed by atoms with Gasteiger partial charge in [-0.3, -0.25) is 19.1 Å². The Labute approximate surface area is 185 Å². The number of Topliss-reactive ketones (excluding diaryl/α,β-unsaturated/α-hetero) is 1. The Balaban J connectivity index is 1.67. The van der Waals surface area contributed by atoms with Crippen LogP contribution in [0.1, 0.15) is 47.2 Å². The second-order valence-electron chi connectivity index (χ2n) is 7.93. The lowest BCUT2D eigenvalue weighted by molar-refractivity contribution is 0.0987. The second kappa shape index (κ2) is 8.27. The van der Waals surface area contributed by atoms with Gasteiger partial charge in [0.25, 0.3) is 0 Å². The minimum atomic E-state index is -2.88. The van der Waals surface area contributed by atoms with Gasteiger partial charge in [-0.25, -0.2) is 18.0 Å². The summed E-state index contributed by atoms with van der Waals surface area (Å²) in [4.78, 5) is 25.4. The third-order valence-electron chi connectivity index (χ3n) is 5.43. The number of pyridine rings is 2. The molecule has 0 fully saturated rings. The van der Waals surface area contributed by atoms with Gasteiger partial charge in [-0.15, -0.1) is 0 Å². The predicted octanol–water partition coefficient (Wildman–Crippen LogP) is 1.94. The quantitative estimate of drug-likeness (QED) is 0.699. The van der Waals surface area contributed by atoms with Crippen molar-refractivity contribution in [1.82, 2.24) is 14.3 Å². The van der Waals surface area contributed by atoms with Gasteiger partial charge < -0.3 is 5.73 Å². The van der Waals surface area contributed by atoms with Crippen LogP contribution in [0.25, 0.3) is 0 Å². The Morgan fingerprint density at radius 1 is 1.34 bits per heavy atom. The topological polar surface area (TPSA) is 138 Å². The number of nitrogens with zero attached hydrogens (tertiary/aromatic N) is 6. The number of hydrogen-bond acceptors (Lipinski definition) is 8. The SMILES string of the molecule is C[C@@]1(c2nc(CC(=O)c3ccc(C#N)cn3)ccc2F)C[S@@]2(=O)=NCCCCN2C(N)=N1. The third kappa shape index (κ3) is 4.05. The number of aliphatic imine (C=N–C) groups is 1. The average Bonchev–Trinajstić information content (AvgIpc) is 2.96. The Bertz CT molecular complexity index is 1260. The van der Waals surface area contributed by atoms with Crippen molar-refractivity contribution in [3.63, 3.8) is 0 Å². The van der Waals surface area contributed by atoms with Crippen LogP contribution >= 0.6 is 0 Å². The van der Waals surface area contributed by atoms with Gasteiger partial charge in [-0.2, -0.15) is 5.26 Å². The van der Waals surface area contributed by atoms with Crippen LogP contribution in [0, 0.1) is 17.1 Å². The lowest BCUT2D eigenvalue weighted by atomic mass is 9.99. The number of rotatable bonds is 4. The predicted molar refractivity (Wildman–Crippen MR) is 116 cm³/mol. The third-order valence-corrected chi connectivity index (χ3v) is 8.01. The number of fused-ring (bicyclic) bond motifs is 1. The number of nitriles is 1. The van der Waals surface area contributed by atoms with Crippen molar-refractivity contribution in [1.29, 1.82) is 5.26 Å². The fourth-order valence-corrected chi connectivity index (χ4v) is 6.32. The molecule has 4 rings (SSSR count). The first kappa shape index (κ1) is 21.8. The summed E-state index contributed by atoms with van der Waals surface area (Å²) in [5, 5.41) is 8.86. The van der Waals surface area contributed by atoms with Crippen LogP contribution in [-0.4, -0.2) is 49.1 Å². The van der Waals surface area contributed by atoms with E-state index in [2.05, 4.69) is 19.3 Å². The van der Waals surface area contributed by atoms with Crippen molar-refractivity contribution in [2.45, 2.75) is 31.7 Å². The van der Waals surface area contributed by atoms with Crippen molar-refractivity contribution in [3.05, 3.63) is 58.9 Å². The normalized spacial score (nSPS) is 25.0. The molecule has 2 atom stereocenters. The molecule has 0 radical (unpaired) electrons. The van der Waals surface area contributed by atoms with Gasteiger partial charge >= 0.3 is 0 Å². The van der Waals surface area contributed by atoms with E-state index in [9.17, 15) is 13.4 Å². The van der Waals surface area contributed by atoms with E-state index in [0.29, 0.717) is 24.3 Å². The maximum atomic E-state index is 14.9. The standard InChI is InChI=1S/C21H22FN7O2S/c1-21(13-32(31)26-8-2-3-9-29(32)20(24)28-21)19-16(22)6-5-15(27-19)10-18(30)17-7-4-14(11-23)12-25-17/h4-7,12H,2-3,8-10,13H2,1H3,(H2,24,28)/t21-,32+/m0/s1. The highest BCUT2D eigenvalue weighted by Gasteiger charge is 2.43. The Kier molecular flexibility index (Phi) is 5.64. The minimum absolute atomic E-state index is 0.0274. The highest BCUT2D eigenvalue weighted by atomic mass is 32.2. The molecule has 11 heteroatoms. The molecule has 0 spiro atoms. The van der Waals surface area contributed by atoms with Gasteiger partial charge in [0.05, 0.1) is 24.3 Å². The van der Waals surface area contributed by atoms with Crippen LogP contribution in [0.5, 0.6) is 0 Å². The van der Waals surface area contributed by atoms with E-state index in [4.69, 9.17) is 11.0 Å². The largest absolute Gasteiger partial charge is 0.369 e. The first-order chi connectivity index (χ1) is 15.2. The molecule has 9 nitrogen and oxygen atoms in total. The molecule has 2 N–H and O–H groups in total. The van der Waals surface area contributed by atoms with E-state index in [1.165, 1.54) is 34.8 Å². The van der Waals surface area contributed by atoms with Crippen LogP contribution < -0.4 is 5.73 Å². The summed E-state index contributed by atoms with van der Waals surface area (Å²) >= 11 is 0. The summed E-state index contributed by atoms with van der Waals surface area (Å²) in [6, 6.07) is 7.55. The Morgan fingerprint density at radius 3 is 2.88 bits per heavy atom. The molecule has 0 aliphatic carbocycles. The maximum Gasteiger partial charge on any atom is 0.204 e. The summed E-state index contributed by atoms with van der Waals surface area (Å²) in [5.74, 6) is -0.938. The van der Waals surface area contributed by atoms with Gasteiger partial charge in [0.15, 0.2) is 5.78 Å². The molecule has 4 heterocycles. The van der Waals surface area contributed by atoms with Crippen LogP contribution in [-0.2, 0) is 21.9 Å². The zero-order valence-electron chi connectivity index (χ0n) is 17.5. The molecular weight excluding hydrogens is 433 g/mol. The summed E-state index contributed by atoms with van der Waals surface area (Å²) in [7, 11) is -2.88.